The van der Waals surface area contributed by atoms with E-state index in [4.69, 9.17) is 10.7 Å². The Hall–Kier alpha value is -1.81. The van der Waals surface area contributed by atoms with E-state index >= 15 is 0 Å². The first kappa shape index (κ1) is 15.4. The summed E-state index contributed by atoms with van der Waals surface area (Å²) in [5.74, 6) is 1.61. The van der Waals surface area contributed by atoms with Crippen LogP contribution in [0.3, 0.4) is 0 Å². The van der Waals surface area contributed by atoms with Gasteiger partial charge < -0.3 is 16.0 Å². The van der Waals surface area contributed by atoms with Gasteiger partial charge in [0, 0.05) is 31.0 Å². The van der Waals surface area contributed by atoms with Crippen molar-refractivity contribution in [1.29, 1.82) is 0 Å². The molecule has 1 saturated heterocycles. The molecule has 0 radical (unpaired) electrons. The van der Waals surface area contributed by atoms with E-state index in [1.807, 2.05) is 10.7 Å². The van der Waals surface area contributed by atoms with Gasteiger partial charge in [-0.05, 0) is 55.8 Å². The normalized spacial score (nSPS) is 23.2. The van der Waals surface area contributed by atoms with E-state index in [0.717, 1.165) is 43.0 Å². The van der Waals surface area contributed by atoms with Crippen LogP contribution in [0.1, 0.15) is 44.1 Å². The second-order valence-electron chi connectivity index (χ2n) is 7.56. The van der Waals surface area contributed by atoms with Gasteiger partial charge >= 0.3 is 0 Å². The molecule has 3 N–H and O–H groups in total. The van der Waals surface area contributed by atoms with E-state index in [2.05, 4.69) is 30.6 Å². The Labute approximate surface area is 150 Å². The molecule has 2 saturated carbocycles. The molecule has 2 aromatic rings. The number of allylic oxidation sites excluding steroid dienone is 1. The van der Waals surface area contributed by atoms with Crippen molar-refractivity contribution in [2.24, 2.45) is 0 Å². The lowest BCUT2D eigenvalue weighted by Gasteiger charge is -2.23. The van der Waals surface area contributed by atoms with Gasteiger partial charge in [-0.2, -0.15) is 0 Å². The van der Waals surface area contributed by atoms with Crippen LogP contribution in [0.25, 0.3) is 11.3 Å². The SMILES string of the molecule is Nc1nn2ccc(N3CCC(P)C3)nc2c1C(NC1CC1)=C1CCC1. The van der Waals surface area contributed by atoms with Crippen molar-refractivity contribution in [2.45, 2.75) is 50.2 Å². The quantitative estimate of drug-likeness (QED) is 0.823. The van der Waals surface area contributed by atoms with Crippen molar-refractivity contribution in [2.75, 3.05) is 23.7 Å². The van der Waals surface area contributed by atoms with Crippen LogP contribution in [-0.4, -0.2) is 39.4 Å². The minimum absolute atomic E-state index is 0.581. The second-order valence-corrected chi connectivity index (χ2v) is 8.50. The zero-order chi connectivity index (χ0) is 17.0. The van der Waals surface area contributed by atoms with Gasteiger partial charge in [0.05, 0.1) is 5.56 Å². The predicted molar refractivity (Wildman–Crippen MR) is 105 cm³/mol. The molecule has 3 aliphatic rings. The van der Waals surface area contributed by atoms with E-state index < -0.39 is 0 Å². The number of aromatic nitrogens is 3. The van der Waals surface area contributed by atoms with Gasteiger partial charge in [0.2, 0.25) is 0 Å². The largest absolute Gasteiger partial charge is 0.382 e. The molecule has 5 rings (SSSR count). The third-order valence-electron chi connectivity index (χ3n) is 5.53. The number of anilines is 2. The summed E-state index contributed by atoms with van der Waals surface area (Å²) < 4.78 is 1.83. The van der Waals surface area contributed by atoms with Crippen LogP contribution in [0.5, 0.6) is 0 Å². The molecule has 0 aromatic carbocycles. The Bertz CT molecular complexity index is 847. The maximum atomic E-state index is 6.33. The molecule has 6 nitrogen and oxygen atoms in total. The highest BCUT2D eigenvalue weighted by molar-refractivity contribution is 7.17. The molecule has 25 heavy (non-hydrogen) atoms. The van der Waals surface area contributed by atoms with Gasteiger partial charge in [-0.3, -0.25) is 0 Å². The van der Waals surface area contributed by atoms with Crippen LogP contribution in [0, 0.1) is 0 Å². The van der Waals surface area contributed by atoms with Crippen molar-refractivity contribution in [3.8, 4) is 0 Å². The first-order valence-corrected chi connectivity index (χ1v) is 10.00. The van der Waals surface area contributed by atoms with Crippen LogP contribution < -0.4 is 16.0 Å². The maximum absolute atomic E-state index is 6.33. The van der Waals surface area contributed by atoms with Crippen LogP contribution >= 0.6 is 9.24 Å². The molecule has 2 aliphatic carbocycles. The van der Waals surface area contributed by atoms with Gasteiger partial charge in [0.1, 0.15) is 5.82 Å². The molecule has 7 heteroatoms. The summed E-state index contributed by atoms with van der Waals surface area (Å²) in [4.78, 5) is 7.32. The minimum atomic E-state index is 0.581. The molecule has 0 bridgehead atoms. The fraction of sp³-hybridized carbons (Fsp3) is 0.556. The molecule has 2 aromatic heterocycles. The number of fused-ring (bicyclic) bond motifs is 1. The fourth-order valence-electron chi connectivity index (χ4n) is 3.73. The average molecular weight is 356 g/mol. The highest BCUT2D eigenvalue weighted by Gasteiger charge is 2.29. The van der Waals surface area contributed by atoms with Crippen molar-refractivity contribution in [3.05, 3.63) is 23.4 Å². The van der Waals surface area contributed by atoms with E-state index in [-0.39, 0.29) is 0 Å². The van der Waals surface area contributed by atoms with Crippen molar-refractivity contribution < 1.29 is 0 Å². The lowest BCUT2D eigenvalue weighted by atomic mass is 9.88. The Morgan fingerprint density at radius 2 is 2.12 bits per heavy atom. The Kier molecular flexibility index (Phi) is 3.63. The van der Waals surface area contributed by atoms with E-state index in [9.17, 15) is 0 Å². The molecule has 2 atom stereocenters. The second kappa shape index (κ2) is 5.87. The summed E-state index contributed by atoms with van der Waals surface area (Å²) in [5, 5.41) is 8.23. The molecular formula is C18H25N6P. The number of hydrogen-bond acceptors (Lipinski definition) is 5. The van der Waals surface area contributed by atoms with Crippen LogP contribution in [0.15, 0.2) is 17.8 Å². The summed E-state index contributed by atoms with van der Waals surface area (Å²) in [6.45, 7) is 2.10. The van der Waals surface area contributed by atoms with Crippen LogP contribution in [0.4, 0.5) is 11.6 Å². The molecule has 1 aliphatic heterocycles. The zero-order valence-electron chi connectivity index (χ0n) is 14.4. The summed E-state index contributed by atoms with van der Waals surface area (Å²) in [6.07, 6.45) is 9.28. The number of hydrogen-bond donors (Lipinski definition) is 2. The Morgan fingerprint density at radius 3 is 2.76 bits per heavy atom. The van der Waals surface area contributed by atoms with E-state index in [0.29, 0.717) is 17.5 Å². The lowest BCUT2D eigenvalue weighted by Crippen LogP contribution is -2.22. The molecule has 3 fully saturated rings. The van der Waals surface area contributed by atoms with Gasteiger partial charge in [0.25, 0.3) is 0 Å². The molecule has 2 unspecified atom stereocenters. The Morgan fingerprint density at radius 1 is 1.28 bits per heavy atom. The van der Waals surface area contributed by atoms with Crippen LogP contribution in [0.2, 0.25) is 0 Å². The first-order chi connectivity index (χ1) is 12.2. The summed E-state index contributed by atoms with van der Waals surface area (Å²) >= 11 is 0. The predicted octanol–water partition coefficient (Wildman–Crippen LogP) is 2.41. The molecule has 132 valence electrons. The van der Waals surface area contributed by atoms with E-state index in [1.54, 1.807) is 0 Å². The average Bonchev–Trinajstić information content (AvgIpc) is 3.15. The third kappa shape index (κ3) is 2.77. The van der Waals surface area contributed by atoms with E-state index in [1.165, 1.54) is 37.0 Å². The van der Waals surface area contributed by atoms with Crippen molar-refractivity contribution >= 4 is 32.2 Å². The summed E-state index contributed by atoms with van der Waals surface area (Å²) in [5.41, 5.74) is 11.5. The Balaban J connectivity index is 1.60. The number of nitrogens with zero attached hydrogens (tertiary/aromatic N) is 4. The number of rotatable bonds is 4. The number of nitrogens with two attached hydrogens (primary N) is 1. The highest BCUT2D eigenvalue weighted by atomic mass is 31.0. The summed E-state index contributed by atoms with van der Waals surface area (Å²) in [6, 6.07) is 2.65. The van der Waals surface area contributed by atoms with Crippen molar-refractivity contribution in [1.82, 2.24) is 19.9 Å². The minimum Gasteiger partial charge on any atom is -0.382 e. The molecule has 0 amide bonds. The molecule has 0 spiro atoms. The maximum Gasteiger partial charge on any atom is 0.168 e. The molecular weight excluding hydrogens is 331 g/mol. The summed E-state index contributed by atoms with van der Waals surface area (Å²) in [7, 11) is 2.93. The fourth-order valence-corrected chi connectivity index (χ4v) is 4.14. The highest BCUT2D eigenvalue weighted by Crippen LogP contribution is 2.38. The lowest BCUT2D eigenvalue weighted by molar-refractivity contribution is 0.655. The van der Waals surface area contributed by atoms with Crippen LogP contribution in [-0.2, 0) is 0 Å². The zero-order valence-corrected chi connectivity index (χ0v) is 15.6. The third-order valence-corrected chi connectivity index (χ3v) is 6.08. The monoisotopic (exact) mass is 356 g/mol. The van der Waals surface area contributed by atoms with Gasteiger partial charge in [-0.15, -0.1) is 14.3 Å². The van der Waals surface area contributed by atoms with Gasteiger partial charge in [-0.1, -0.05) is 0 Å². The topological polar surface area (TPSA) is 71.5 Å². The standard InChI is InChI=1S/C18H25N6P/c19-17-15(16(11-2-1-3-11)20-12-4-5-12)18-21-14(7-9-24(18)22-17)23-8-6-13(25)10-23/h7,9,12-13,20H,1-6,8,10,25H2,(H2,19,22). The molecule has 3 heterocycles. The number of nitrogens with one attached hydrogen (secondary N) is 1. The first-order valence-electron chi connectivity index (χ1n) is 9.33. The number of nitrogen functional groups attached to an aromatic ring is 1. The van der Waals surface area contributed by atoms with Gasteiger partial charge in [-0.25, -0.2) is 9.50 Å². The van der Waals surface area contributed by atoms with Gasteiger partial charge in [0.15, 0.2) is 11.5 Å². The smallest absolute Gasteiger partial charge is 0.168 e. The van der Waals surface area contributed by atoms with Crippen molar-refractivity contribution in [3.63, 3.8) is 0 Å².